The van der Waals surface area contributed by atoms with Crippen molar-refractivity contribution in [1.82, 2.24) is 0 Å². The molecular weight excluding hydrogens is 334 g/mol. The SMILES string of the molecule is CCCCc1ccc(C(F)(F)Oc2cc(F)c(F)c(F)c2)c(F)c1. The minimum absolute atomic E-state index is 0.264. The quantitative estimate of drug-likeness (QED) is 0.480. The summed E-state index contributed by atoms with van der Waals surface area (Å²) in [6.45, 7) is 1.94. The molecular formula is C17H14F6O. The topological polar surface area (TPSA) is 9.23 Å². The van der Waals surface area contributed by atoms with E-state index in [9.17, 15) is 26.3 Å². The van der Waals surface area contributed by atoms with Crippen LogP contribution in [-0.4, -0.2) is 0 Å². The van der Waals surface area contributed by atoms with Crippen molar-refractivity contribution in [1.29, 1.82) is 0 Å². The molecule has 7 heteroatoms. The molecule has 0 aliphatic heterocycles. The van der Waals surface area contributed by atoms with Gasteiger partial charge in [0.15, 0.2) is 17.5 Å². The zero-order valence-electron chi connectivity index (χ0n) is 12.7. The lowest BCUT2D eigenvalue weighted by atomic mass is 10.1. The first-order valence-electron chi connectivity index (χ1n) is 7.25. The minimum Gasteiger partial charge on any atom is -0.429 e. The van der Waals surface area contributed by atoms with Crippen molar-refractivity contribution in [3.8, 4) is 5.75 Å². The zero-order valence-corrected chi connectivity index (χ0v) is 12.7. The number of ether oxygens (including phenoxy) is 1. The standard InChI is InChI=1S/C17H14F6O/c1-2-3-4-10-5-6-12(13(18)7-10)17(22,23)24-11-8-14(19)16(21)15(20)9-11/h5-9H,2-4H2,1H3. The number of alkyl halides is 2. The lowest BCUT2D eigenvalue weighted by Crippen LogP contribution is -2.23. The molecule has 0 aliphatic rings. The maximum atomic E-state index is 14.0. The molecule has 0 aliphatic carbocycles. The van der Waals surface area contributed by atoms with Crippen molar-refractivity contribution in [2.24, 2.45) is 0 Å². The molecule has 0 N–H and O–H groups in total. The van der Waals surface area contributed by atoms with E-state index in [2.05, 4.69) is 4.74 Å². The largest absolute Gasteiger partial charge is 0.429 e. The minimum atomic E-state index is -4.18. The second-order valence-corrected chi connectivity index (χ2v) is 5.24. The molecule has 0 bridgehead atoms. The Morgan fingerprint density at radius 3 is 2.08 bits per heavy atom. The van der Waals surface area contributed by atoms with Crippen molar-refractivity contribution >= 4 is 0 Å². The third-order valence-corrected chi connectivity index (χ3v) is 3.37. The van der Waals surface area contributed by atoms with Crippen molar-refractivity contribution < 1.29 is 31.1 Å². The highest BCUT2D eigenvalue weighted by atomic mass is 19.3. The zero-order chi connectivity index (χ0) is 17.9. The van der Waals surface area contributed by atoms with E-state index in [0.29, 0.717) is 12.0 Å². The Morgan fingerprint density at radius 1 is 0.917 bits per heavy atom. The smallest absolute Gasteiger partial charge is 0.429 e. The molecule has 2 aromatic rings. The number of rotatable bonds is 6. The van der Waals surface area contributed by atoms with Crippen molar-refractivity contribution in [2.45, 2.75) is 32.3 Å². The van der Waals surface area contributed by atoms with Crippen LogP contribution in [0.5, 0.6) is 5.75 Å². The average molecular weight is 348 g/mol. The van der Waals surface area contributed by atoms with E-state index in [1.54, 1.807) is 0 Å². The molecule has 2 aromatic carbocycles. The Bertz CT molecular complexity index is 706. The Kier molecular flexibility index (Phi) is 5.41. The molecule has 0 aromatic heterocycles. The number of aryl methyl sites for hydroxylation is 1. The molecule has 24 heavy (non-hydrogen) atoms. The second kappa shape index (κ2) is 7.15. The summed E-state index contributed by atoms with van der Waals surface area (Å²) in [7, 11) is 0. The van der Waals surface area contributed by atoms with Gasteiger partial charge in [-0.3, -0.25) is 0 Å². The van der Waals surface area contributed by atoms with Gasteiger partial charge in [0.25, 0.3) is 0 Å². The molecule has 0 heterocycles. The van der Waals surface area contributed by atoms with E-state index < -0.39 is 40.7 Å². The molecule has 0 spiro atoms. The molecule has 0 saturated heterocycles. The van der Waals surface area contributed by atoms with Crippen LogP contribution in [0, 0.1) is 23.3 Å². The van der Waals surface area contributed by atoms with Crippen LogP contribution in [0.1, 0.15) is 30.9 Å². The van der Waals surface area contributed by atoms with Crippen molar-refractivity contribution in [3.05, 3.63) is 64.7 Å². The van der Waals surface area contributed by atoms with Crippen LogP contribution >= 0.6 is 0 Å². The molecule has 1 nitrogen and oxygen atoms in total. The Morgan fingerprint density at radius 2 is 1.54 bits per heavy atom. The van der Waals surface area contributed by atoms with Gasteiger partial charge in [0, 0.05) is 12.1 Å². The average Bonchev–Trinajstić information content (AvgIpc) is 2.49. The van der Waals surface area contributed by atoms with Gasteiger partial charge in [-0.25, -0.2) is 17.6 Å². The Balaban J connectivity index is 2.27. The highest BCUT2D eigenvalue weighted by Gasteiger charge is 2.38. The highest BCUT2D eigenvalue weighted by Crippen LogP contribution is 2.34. The normalized spacial score (nSPS) is 11.6. The van der Waals surface area contributed by atoms with Crippen LogP contribution in [0.4, 0.5) is 26.3 Å². The summed E-state index contributed by atoms with van der Waals surface area (Å²) in [5.74, 6) is -7.33. The summed E-state index contributed by atoms with van der Waals surface area (Å²) in [4.78, 5) is 0. The van der Waals surface area contributed by atoms with Gasteiger partial charge in [0.05, 0.1) is 5.56 Å². The summed E-state index contributed by atoms with van der Waals surface area (Å²) in [5, 5.41) is 0. The fraction of sp³-hybridized carbons (Fsp3) is 0.294. The van der Waals surface area contributed by atoms with Crippen LogP contribution in [0.25, 0.3) is 0 Å². The third kappa shape index (κ3) is 4.01. The number of hydrogen-bond donors (Lipinski definition) is 0. The van der Waals surface area contributed by atoms with Crippen molar-refractivity contribution in [3.63, 3.8) is 0 Å². The van der Waals surface area contributed by atoms with E-state index in [4.69, 9.17) is 0 Å². The molecule has 0 unspecified atom stereocenters. The predicted molar refractivity (Wildman–Crippen MR) is 75.9 cm³/mol. The van der Waals surface area contributed by atoms with E-state index in [-0.39, 0.29) is 12.1 Å². The lowest BCUT2D eigenvalue weighted by Gasteiger charge is -2.19. The van der Waals surface area contributed by atoms with Crippen LogP contribution in [0.15, 0.2) is 30.3 Å². The molecule has 130 valence electrons. The molecule has 0 atom stereocenters. The van der Waals surface area contributed by atoms with Crippen molar-refractivity contribution in [2.75, 3.05) is 0 Å². The van der Waals surface area contributed by atoms with Gasteiger partial charge in [-0.15, -0.1) is 0 Å². The summed E-state index contributed by atoms with van der Waals surface area (Å²) in [6.07, 6.45) is -2.00. The number of unbranched alkanes of at least 4 members (excludes halogenated alkanes) is 1. The number of halogens is 6. The number of benzene rings is 2. The van der Waals surface area contributed by atoms with E-state index in [0.717, 1.165) is 25.0 Å². The van der Waals surface area contributed by atoms with E-state index in [1.807, 2.05) is 6.92 Å². The summed E-state index contributed by atoms with van der Waals surface area (Å²) in [5.41, 5.74) is -0.527. The van der Waals surface area contributed by atoms with Gasteiger partial charge in [-0.2, -0.15) is 8.78 Å². The van der Waals surface area contributed by atoms with E-state index >= 15 is 0 Å². The maximum Gasteiger partial charge on any atom is 0.429 e. The Labute approximate surface area is 134 Å². The fourth-order valence-corrected chi connectivity index (χ4v) is 2.13. The van der Waals surface area contributed by atoms with Gasteiger partial charge in [-0.05, 0) is 30.5 Å². The lowest BCUT2D eigenvalue weighted by molar-refractivity contribution is -0.187. The molecule has 2 rings (SSSR count). The molecule has 0 saturated carbocycles. The summed E-state index contributed by atoms with van der Waals surface area (Å²) in [6, 6.07) is 3.68. The van der Waals surface area contributed by atoms with Gasteiger partial charge < -0.3 is 4.74 Å². The van der Waals surface area contributed by atoms with Gasteiger partial charge in [0.2, 0.25) is 0 Å². The van der Waals surface area contributed by atoms with Crippen LogP contribution < -0.4 is 4.74 Å². The van der Waals surface area contributed by atoms with Crippen LogP contribution in [0.2, 0.25) is 0 Å². The first-order chi connectivity index (χ1) is 11.2. The fourth-order valence-electron chi connectivity index (χ4n) is 2.13. The molecule has 0 amide bonds. The maximum absolute atomic E-state index is 14.0. The highest BCUT2D eigenvalue weighted by molar-refractivity contribution is 5.30. The Hall–Kier alpha value is -2.18. The van der Waals surface area contributed by atoms with Crippen LogP contribution in [0.3, 0.4) is 0 Å². The number of hydrogen-bond acceptors (Lipinski definition) is 1. The predicted octanol–water partition coefficient (Wildman–Crippen LogP) is 5.71. The van der Waals surface area contributed by atoms with Gasteiger partial charge in [-0.1, -0.05) is 19.4 Å². The van der Waals surface area contributed by atoms with Gasteiger partial charge in [0.1, 0.15) is 11.6 Å². The van der Waals surface area contributed by atoms with E-state index in [1.165, 1.54) is 6.07 Å². The first-order valence-corrected chi connectivity index (χ1v) is 7.25. The monoisotopic (exact) mass is 348 g/mol. The third-order valence-electron chi connectivity index (χ3n) is 3.37. The second-order valence-electron chi connectivity index (χ2n) is 5.24. The summed E-state index contributed by atoms with van der Waals surface area (Å²) < 4.78 is 85.1. The first kappa shape index (κ1) is 18.2. The molecule has 0 radical (unpaired) electrons. The van der Waals surface area contributed by atoms with Crippen LogP contribution in [-0.2, 0) is 12.5 Å². The summed E-state index contributed by atoms with van der Waals surface area (Å²) >= 11 is 0. The molecule has 0 fully saturated rings. The van der Waals surface area contributed by atoms with Gasteiger partial charge >= 0.3 is 6.11 Å².